The van der Waals surface area contributed by atoms with Crippen LogP contribution < -0.4 is 0 Å². The molecule has 0 aliphatic rings. The summed E-state index contributed by atoms with van der Waals surface area (Å²) in [5.74, 6) is 0. The van der Waals surface area contributed by atoms with Gasteiger partial charge in [0.1, 0.15) is 16.9 Å². The zero-order chi connectivity index (χ0) is 44.0. The molecule has 6 heterocycles. The SMILES string of the molecule is Cc1cn2ccc3cc(-c4ccccc4-c4cc(-c5ccccc5-c5ccc6c(ccn7cc(C)nc67)c5)cc(-c5ccccc5-c5ccc6c(ccn7cc(C)nc67)c5)c4)ccc3c2n1. The van der Waals surface area contributed by atoms with Crippen LogP contribution in [-0.2, 0) is 0 Å². The molecule has 0 spiro atoms. The van der Waals surface area contributed by atoms with Crippen LogP contribution in [0.15, 0.2) is 201 Å². The Morgan fingerprint density at radius 1 is 0.288 bits per heavy atom. The van der Waals surface area contributed by atoms with Crippen molar-refractivity contribution >= 4 is 49.3 Å². The molecule has 0 saturated carbocycles. The minimum Gasteiger partial charge on any atom is -0.306 e. The van der Waals surface area contributed by atoms with Gasteiger partial charge < -0.3 is 13.2 Å². The topological polar surface area (TPSA) is 51.9 Å². The molecule has 13 aromatic rings. The van der Waals surface area contributed by atoms with E-state index in [9.17, 15) is 0 Å². The second kappa shape index (κ2) is 14.7. The quantitative estimate of drug-likeness (QED) is 0.167. The summed E-state index contributed by atoms with van der Waals surface area (Å²) < 4.78 is 6.34. The molecule has 0 fully saturated rings. The molecule has 0 saturated heterocycles. The Labute approximate surface area is 381 Å². The number of aryl methyl sites for hydroxylation is 3. The number of hydrogen-bond donors (Lipinski definition) is 0. The molecule has 7 aromatic carbocycles. The first-order valence-electron chi connectivity index (χ1n) is 22.5. The van der Waals surface area contributed by atoms with Gasteiger partial charge in [-0.2, -0.15) is 0 Å². The summed E-state index contributed by atoms with van der Waals surface area (Å²) in [4.78, 5) is 14.6. The lowest BCUT2D eigenvalue weighted by Crippen LogP contribution is -1.93. The summed E-state index contributed by atoms with van der Waals surface area (Å²) in [6.07, 6.45) is 12.6. The fraction of sp³-hybridized carbons (Fsp3) is 0.0500. The Balaban J connectivity index is 1.01. The van der Waals surface area contributed by atoms with Crippen molar-refractivity contribution in [3.63, 3.8) is 0 Å². The van der Waals surface area contributed by atoms with Crippen molar-refractivity contribution in [3.8, 4) is 66.8 Å². The second-order valence-corrected chi connectivity index (χ2v) is 17.6. The molecular weight excluding hydrogens is 805 g/mol. The van der Waals surface area contributed by atoms with Crippen LogP contribution >= 0.6 is 0 Å². The van der Waals surface area contributed by atoms with E-state index in [4.69, 9.17) is 15.0 Å². The maximum Gasteiger partial charge on any atom is 0.144 e. The van der Waals surface area contributed by atoms with Crippen molar-refractivity contribution in [2.45, 2.75) is 20.8 Å². The summed E-state index contributed by atoms with van der Waals surface area (Å²) >= 11 is 0. The number of rotatable bonds is 6. The van der Waals surface area contributed by atoms with Gasteiger partial charge in [0.05, 0.1) is 17.1 Å². The fourth-order valence-corrected chi connectivity index (χ4v) is 10.2. The van der Waals surface area contributed by atoms with Gasteiger partial charge in [-0.3, -0.25) is 0 Å². The minimum absolute atomic E-state index is 0.979. The van der Waals surface area contributed by atoms with Crippen molar-refractivity contribution in [2.24, 2.45) is 0 Å². The Bertz CT molecular complexity index is 3670. The van der Waals surface area contributed by atoms with E-state index in [0.29, 0.717) is 0 Å². The average Bonchev–Trinajstić information content (AvgIpc) is 4.07. The van der Waals surface area contributed by atoms with Gasteiger partial charge in [0, 0.05) is 53.3 Å². The van der Waals surface area contributed by atoms with E-state index in [-0.39, 0.29) is 0 Å². The normalized spacial score (nSPS) is 11.9. The lowest BCUT2D eigenvalue weighted by molar-refractivity contribution is 1.20. The van der Waals surface area contributed by atoms with Crippen LogP contribution in [-0.4, -0.2) is 28.2 Å². The van der Waals surface area contributed by atoms with E-state index < -0.39 is 0 Å². The summed E-state index contributed by atoms with van der Waals surface area (Å²) in [6.45, 7) is 6.14. The molecule has 0 unspecified atom stereocenters. The zero-order valence-corrected chi connectivity index (χ0v) is 36.7. The zero-order valence-electron chi connectivity index (χ0n) is 36.7. The number of imidazole rings is 3. The molecule has 0 aliphatic carbocycles. The molecule has 6 heteroatoms. The molecule has 0 amide bonds. The molecule has 0 atom stereocenters. The predicted octanol–water partition coefficient (Wildman–Crippen LogP) is 15.0. The monoisotopic (exact) mass is 846 g/mol. The smallest absolute Gasteiger partial charge is 0.144 e. The summed E-state index contributed by atoms with van der Waals surface area (Å²) in [7, 11) is 0. The van der Waals surface area contributed by atoms with E-state index in [1.807, 2.05) is 20.8 Å². The van der Waals surface area contributed by atoms with Crippen LogP contribution in [0.3, 0.4) is 0 Å². The van der Waals surface area contributed by atoms with Crippen molar-refractivity contribution in [2.75, 3.05) is 0 Å². The number of aromatic nitrogens is 6. The molecule has 66 heavy (non-hydrogen) atoms. The molecule has 6 nitrogen and oxygen atoms in total. The summed E-state index contributed by atoms with van der Waals surface area (Å²) in [5.41, 5.74) is 19.9. The average molecular weight is 847 g/mol. The standard InChI is InChI=1S/C60H42N6/c1-37-34-64-25-22-43-28-40(16-19-55(43)58(64)61-37)49-10-4-7-13-52(49)46-31-47(53-14-8-5-11-50(53)41-17-20-56-44(29-41)23-26-65-35-38(2)62-59(56)65)33-48(32-46)54-15-9-6-12-51(54)42-18-21-57-45(30-42)24-27-66-36-39(3)63-60(57)66/h4-36H,1-3H3. The van der Waals surface area contributed by atoms with E-state index in [2.05, 4.69) is 214 Å². The number of nitrogens with zero attached hydrogens (tertiary/aromatic N) is 6. The van der Waals surface area contributed by atoms with Gasteiger partial charge in [0.15, 0.2) is 0 Å². The second-order valence-electron chi connectivity index (χ2n) is 17.6. The van der Waals surface area contributed by atoms with E-state index in [1.54, 1.807) is 0 Å². The van der Waals surface area contributed by atoms with Crippen molar-refractivity contribution in [1.82, 2.24) is 28.2 Å². The molecule has 6 aromatic heterocycles. The Morgan fingerprint density at radius 2 is 0.561 bits per heavy atom. The van der Waals surface area contributed by atoms with Gasteiger partial charge in [-0.05, 0) is 158 Å². The van der Waals surface area contributed by atoms with E-state index in [0.717, 1.165) is 99.7 Å². The van der Waals surface area contributed by atoms with Crippen LogP contribution in [0.4, 0.5) is 0 Å². The first-order chi connectivity index (χ1) is 32.4. The molecule has 0 N–H and O–H groups in total. The Kier molecular flexibility index (Phi) is 8.46. The van der Waals surface area contributed by atoms with Gasteiger partial charge in [-0.15, -0.1) is 0 Å². The fourth-order valence-electron chi connectivity index (χ4n) is 10.2. The Hall–Kier alpha value is -8.61. The van der Waals surface area contributed by atoms with Gasteiger partial charge >= 0.3 is 0 Å². The highest BCUT2D eigenvalue weighted by atomic mass is 15.0. The molecule has 0 bridgehead atoms. The largest absolute Gasteiger partial charge is 0.306 e. The molecule has 312 valence electrons. The lowest BCUT2D eigenvalue weighted by Gasteiger charge is -2.18. The summed E-state index contributed by atoms with van der Waals surface area (Å²) in [5, 5.41) is 6.91. The number of hydrogen-bond acceptors (Lipinski definition) is 3. The number of benzene rings is 7. The first kappa shape index (κ1) is 37.9. The third kappa shape index (κ3) is 6.21. The minimum atomic E-state index is 0.979. The van der Waals surface area contributed by atoms with Gasteiger partial charge in [-0.1, -0.05) is 109 Å². The molecule has 13 rings (SSSR count). The van der Waals surface area contributed by atoms with Gasteiger partial charge in [-0.25, -0.2) is 15.0 Å². The molecular formula is C60H42N6. The highest BCUT2D eigenvalue weighted by Crippen LogP contribution is 2.43. The van der Waals surface area contributed by atoms with Crippen LogP contribution in [0.25, 0.3) is 116 Å². The maximum atomic E-state index is 4.85. The van der Waals surface area contributed by atoms with E-state index >= 15 is 0 Å². The predicted molar refractivity (Wildman–Crippen MR) is 272 cm³/mol. The first-order valence-corrected chi connectivity index (χ1v) is 22.5. The van der Waals surface area contributed by atoms with Crippen molar-refractivity contribution in [3.05, 3.63) is 218 Å². The number of fused-ring (bicyclic) bond motifs is 9. The lowest BCUT2D eigenvalue weighted by atomic mass is 9.86. The maximum absolute atomic E-state index is 4.85. The molecule has 0 radical (unpaired) electrons. The van der Waals surface area contributed by atoms with E-state index in [1.165, 1.54) is 33.4 Å². The van der Waals surface area contributed by atoms with Crippen molar-refractivity contribution < 1.29 is 0 Å². The highest BCUT2D eigenvalue weighted by molar-refractivity contribution is 6.02. The highest BCUT2D eigenvalue weighted by Gasteiger charge is 2.18. The summed E-state index contributed by atoms with van der Waals surface area (Å²) in [6, 6.07) is 60.6. The third-order valence-corrected chi connectivity index (χ3v) is 13.3. The Morgan fingerprint density at radius 3 is 0.848 bits per heavy atom. The van der Waals surface area contributed by atoms with Gasteiger partial charge in [0.25, 0.3) is 0 Å². The van der Waals surface area contributed by atoms with Crippen molar-refractivity contribution in [1.29, 1.82) is 0 Å². The van der Waals surface area contributed by atoms with Crippen LogP contribution in [0.5, 0.6) is 0 Å². The van der Waals surface area contributed by atoms with Gasteiger partial charge in [0.2, 0.25) is 0 Å². The third-order valence-electron chi connectivity index (χ3n) is 13.3. The number of pyridine rings is 3. The van der Waals surface area contributed by atoms with Crippen LogP contribution in [0, 0.1) is 20.8 Å². The molecule has 0 aliphatic heterocycles. The van der Waals surface area contributed by atoms with Crippen LogP contribution in [0.2, 0.25) is 0 Å². The van der Waals surface area contributed by atoms with Crippen LogP contribution in [0.1, 0.15) is 17.1 Å².